The molecule has 2 aromatic rings. The molecule has 0 unspecified atom stereocenters. The fourth-order valence-electron chi connectivity index (χ4n) is 3.35. The van der Waals surface area contributed by atoms with Gasteiger partial charge in [-0.15, -0.1) is 0 Å². The van der Waals surface area contributed by atoms with Gasteiger partial charge in [0, 0.05) is 23.3 Å². The number of hydrogen-bond donors (Lipinski definition) is 4. The van der Waals surface area contributed by atoms with Crippen molar-refractivity contribution in [2.24, 2.45) is 0 Å². The molecule has 0 aromatic heterocycles. The molecule has 0 bridgehead atoms. The number of rotatable bonds is 10. The van der Waals surface area contributed by atoms with E-state index in [0.717, 1.165) is 6.42 Å². The van der Waals surface area contributed by atoms with Crippen molar-refractivity contribution in [2.45, 2.75) is 32.1 Å². The first-order valence-electron chi connectivity index (χ1n) is 9.21. The summed E-state index contributed by atoms with van der Waals surface area (Å²) in [6, 6.07) is 2.62. The molecule has 0 atom stereocenters. The first kappa shape index (κ1) is 22.1. The highest BCUT2D eigenvalue weighted by atomic mass is 16.5. The van der Waals surface area contributed by atoms with Crippen LogP contribution in [0.25, 0.3) is 0 Å². The molecular formula is C21H28O8. The van der Waals surface area contributed by atoms with E-state index in [0.29, 0.717) is 36.8 Å². The third kappa shape index (κ3) is 4.64. The molecule has 160 valence electrons. The second kappa shape index (κ2) is 9.86. The van der Waals surface area contributed by atoms with E-state index in [2.05, 4.69) is 0 Å². The van der Waals surface area contributed by atoms with E-state index in [-0.39, 0.29) is 46.0 Å². The predicted octanol–water partition coefficient (Wildman–Crippen LogP) is 3.50. The van der Waals surface area contributed by atoms with Crippen LogP contribution in [0.5, 0.6) is 46.0 Å². The highest BCUT2D eigenvalue weighted by Crippen LogP contribution is 2.45. The Balaban J connectivity index is 2.06. The largest absolute Gasteiger partial charge is 0.504 e. The van der Waals surface area contributed by atoms with Crippen molar-refractivity contribution in [1.29, 1.82) is 0 Å². The van der Waals surface area contributed by atoms with E-state index in [1.54, 1.807) is 0 Å². The topological polar surface area (TPSA) is 118 Å². The molecule has 0 amide bonds. The summed E-state index contributed by atoms with van der Waals surface area (Å²) in [4.78, 5) is 0. The van der Waals surface area contributed by atoms with Crippen molar-refractivity contribution in [2.75, 3.05) is 28.4 Å². The van der Waals surface area contributed by atoms with Crippen LogP contribution < -0.4 is 18.9 Å². The predicted molar refractivity (Wildman–Crippen MR) is 107 cm³/mol. The molecule has 0 radical (unpaired) electrons. The van der Waals surface area contributed by atoms with Crippen LogP contribution in [-0.4, -0.2) is 48.9 Å². The van der Waals surface area contributed by atoms with Gasteiger partial charge in [0.1, 0.15) is 0 Å². The smallest absolute Gasteiger partial charge is 0.167 e. The van der Waals surface area contributed by atoms with Crippen LogP contribution in [0.1, 0.15) is 30.4 Å². The van der Waals surface area contributed by atoms with Crippen LogP contribution in [0.15, 0.2) is 12.1 Å². The number of unbranched alkanes of at least 4 members (excludes halogenated alkanes) is 2. The van der Waals surface area contributed by atoms with E-state index in [9.17, 15) is 20.4 Å². The van der Waals surface area contributed by atoms with Gasteiger partial charge in [-0.3, -0.25) is 0 Å². The first-order chi connectivity index (χ1) is 13.9. The molecule has 0 saturated heterocycles. The number of phenolic OH excluding ortho intramolecular Hbond substituents is 4. The van der Waals surface area contributed by atoms with E-state index >= 15 is 0 Å². The first-order valence-corrected chi connectivity index (χ1v) is 9.21. The average molecular weight is 408 g/mol. The molecule has 0 spiro atoms. The Bertz CT molecular complexity index is 778. The summed E-state index contributed by atoms with van der Waals surface area (Å²) in [5.41, 5.74) is 0.951. The van der Waals surface area contributed by atoms with Crippen LogP contribution in [0.3, 0.4) is 0 Å². The molecule has 29 heavy (non-hydrogen) atoms. The quantitative estimate of drug-likeness (QED) is 0.349. The zero-order valence-electron chi connectivity index (χ0n) is 17.1. The van der Waals surface area contributed by atoms with Gasteiger partial charge >= 0.3 is 0 Å². The zero-order chi connectivity index (χ0) is 21.6. The average Bonchev–Trinajstić information content (AvgIpc) is 2.71. The normalized spacial score (nSPS) is 10.6. The van der Waals surface area contributed by atoms with Crippen molar-refractivity contribution >= 4 is 0 Å². The number of hydrogen-bond acceptors (Lipinski definition) is 8. The molecule has 8 heteroatoms. The molecule has 8 nitrogen and oxygen atoms in total. The van der Waals surface area contributed by atoms with Crippen molar-refractivity contribution in [3.8, 4) is 46.0 Å². The lowest BCUT2D eigenvalue weighted by molar-refractivity contribution is 0.338. The summed E-state index contributed by atoms with van der Waals surface area (Å²) in [7, 11) is 5.67. The fourth-order valence-corrected chi connectivity index (χ4v) is 3.35. The van der Waals surface area contributed by atoms with Crippen molar-refractivity contribution in [3.05, 3.63) is 23.3 Å². The lowest BCUT2D eigenvalue weighted by Crippen LogP contribution is -1.98. The third-order valence-electron chi connectivity index (χ3n) is 4.79. The Labute approximate surface area is 169 Å². The molecule has 0 aliphatic rings. The highest BCUT2D eigenvalue weighted by molar-refractivity contribution is 5.61. The lowest BCUT2D eigenvalue weighted by Gasteiger charge is -2.16. The Morgan fingerprint density at radius 1 is 0.586 bits per heavy atom. The van der Waals surface area contributed by atoms with Gasteiger partial charge in [-0.05, 0) is 25.7 Å². The monoisotopic (exact) mass is 408 g/mol. The summed E-state index contributed by atoms with van der Waals surface area (Å²) >= 11 is 0. The number of ether oxygens (including phenoxy) is 4. The Kier molecular flexibility index (Phi) is 7.52. The van der Waals surface area contributed by atoms with Crippen LogP contribution in [0, 0.1) is 0 Å². The lowest BCUT2D eigenvalue weighted by atomic mass is 10.00. The Hall–Kier alpha value is -3.16. The molecule has 0 aliphatic heterocycles. The van der Waals surface area contributed by atoms with Crippen molar-refractivity contribution in [1.82, 2.24) is 0 Å². The number of methoxy groups -OCH3 is 4. The summed E-state index contributed by atoms with van der Waals surface area (Å²) in [6.45, 7) is 0. The summed E-state index contributed by atoms with van der Waals surface area (Å²) in [6.07, 6.45) is 3.06. The summed E-state index contributed by atoms with van der Waals surface area (Å²) in [5.74, 6) is 0.496. The highest BCUT2D eigenvalue weighted by Gasteiger charge is 2.20. The minimum atomic E-state index is -0.0985. The number of aromatic hydroxyl groups is 4. The molecule has 0 heterocycles. The maximum atomic E-state index is 10.3. The van der Waals surface area contributed by atoms with Crippen LogP contribution in [0.2, 0.25) is 0 Å². The van der Waals surface area contributed by atoms with Gasteiger partial charge in [-0.1, -0.05) is 6.42 Å². The van der Waals surface area contributed by atoms with E-state index < -0.39 is 0 Å². The van der Waals surface area contributed by atoms with Crippen LogP contribution >= 0.6 is 0 Å². The van der Waals surface area contributed by atoms with Gasteiger partial charge in [0.05, 0.1) is 28.4 Å². The summed E-state index contributed by atoms with van der Waals surface area (Å²) < 4.78 is 20.6. The third-order valence-corrected chi connectivity index (χ3v) is 4.79. The van der Waals surface area contributed by atoms with Gasteiger partial charge in [-0.2, -0.15) is 0 Å². The maximum absolute atomic E-state index is 10.3. The molecule has 0 fully saturated rings. The molecule has 2 rings (SSSR count). The van der Waals surface area contributed by atoms with E-state index in [4.69, 9.17) is 18.9 Å². The standard InChI is InChI=1S/C21H28O8/c1-26-16-10-14(22)20(28-3)12(18(16)24)8-6-5-7-9-13-19(25)17(27-2)11-15(23)21(13)29-4/h10-11,22-25H,5-9H2,1-4H3. The van der Waals surface area contributed by atoms with Gasteiger partial charge in [0.15, 0.2) is 46.0 Å². The van der Waals surface area contributed by atoms with E-state index in [1.165, 1.54) is 40.6 Å². The zero-order valence-corrected chi connectivity index (χ0v) is 17.1. The number of phenols is 4. The molecule has 0 saturated carbocycles. The van der Waals surface area contributed by atoms with Gasteiger partial charge in [0.25, 0.3) is 0 Å². The molecule has 0 aliphatic carbocycles. The van der Waals surface area contributed by atoms with Gasteiger partial charge in [-0.25, -0.2) is 0 Å². The minimum Gasteiger partial charge on any atom is -0.504 e. The van der Waals surface area contributed by atoms with Crippen molar-refractivity contribution < 1.29 is 39.4 Å². The summed E-state index contributed by atoms with van der Waals surface area (Å²) in [5, 5.41) is 40.8. The van der Waals surface area contributed by atoms with Crippen LogP contribution in [0.4, 0.5) is 0 Å². The fraction of sp³-hybridized carbons (Fsp3) is 0.429. The molecule has 4 N–H and O–H groups in total. The van der Waals surface area contributed by atoms with Crippen LogP contribution in [-0.2, 0) is 12.8 Å². The molecular weight excluding hydrogens is 380 g/mol. The second-order valence-corrected chi connectivity index (χ2v) is 6.48. The Morgan fingerprint density at radius 2 is 0.966 bits per heavy atom. The SMILES string of the molecule is COc1cc(O)c(OC)c(CCCCCc2c(O)c(OC)cc(O)c2OC)c1O. The second-order valence-electron chi connectivity index (χ2n) is 6.48. The number of benzene rings is 2. The van der Waals surface area contributed by atoms with Gasteiger partial charge in [0.2, 0.25) is 0 Å². The van der Waals surface area contributed by atoms with Gasteiger partial charge < -0.3 is 39.4 Å². The van der Waals surface area contributed by atoms with Crippen molar-refractivity contribution in [3.63, 3.8) is 0 Å². The minimum absolute atomic E-state index is 0.0563. The Morgan fingerprint density at radius 3 is 1.28 bits per heavy atom. The molecule has 2 aromatic carbocycles. The van der Waals surface area contributed by atoms with E-state index in [1.807, 2.05) is 0 Å². The maximum Gasteiger partial charge on any atom is 0.167 e.